The molecule has 30 heavy (non-hydrogen) atoms. The zero-order valence-electron chi connectivity index (χ0n) is 17.5. The van der Waals surface area contributed by atoms with Gasteiger partial charge in [0, 0.05) is 11.8 Å². The fourth-order valence-electron chi connectivity index (χ4n) is 3.91. The SMILES string of the molecule is CC(C)(c1ccccc1)c1cc[c]c(-c2cccc(C(O)Cc3ccccc3)c2)c1. The average molecular weight is 392 g/mol. The largest absolute Gasteiger partial charge is 0.388 e. The van der Waals surface area contributed by atoms with Gasteiger partial charge in [-0.1, -0.05) is 105 Å². The van der Waals surface area contributed by atoms with Crippen molar-refractivity contribution >= 4 is 0 Å². The monoisotopic (exact) mass is 391 g/mol. The van der Waals surface area contributed by atoms with Crippen molar-refractivity contribution in [1.82, 2.24) is 0 Å². The topological polar surface area (TPSA) is 20.2 Å². The minimum Gasteiger partial charge on any atom is -0.388 e. The van der Waals surface area contributed by atoms with Crippen molar-refractivity contribution in [3.05, 3.63) is 131 Å². The van der Waals surface area contributed by atoms with Crippen molar-refractivity contribution in [1.29, 1.82) is 0 Å². The molecule has 0 aliphatic rings. The van der Waals surface area contributed by atoms with E-state index in [0.29, 0.717) is 6.42 Å². The zero-order chi connectivity index (χ0) is 21.0. The molecular weight excluding hydrogens is 364 g/mol. The molecule has 0 aliphatic heterocycles. The van der Waals surface area contributed by atoms with Gasteiger partial charge in [0.05, 0.1) is 6.10 Å². The molecule has 1 N–H and O–H groups in total. The van der Waals surface area contributed by atoms with Gasteiger partial charge in [0.25, 0.3) is 0 Å². The number of rotatable bonds is 6. The van der Waals surface area contributed by atoms with Crippen molar-refractivity contribution in [2.45, 2.75) is 31.8 Å². The van der Waals surface area contributed by atoms with Gasteiger partial charge in [-0.2, -0.15) is 0 Å². The van der Waals surface area contributed by atoms with E-state index in [1.807, 2.05) is 36.4 Å². The summed E-state index contributed by atoms with van der Waals surface area (Å²) in [4.78, 5) is 0. The highest BCUT2D eigenvalue weighted by atomic mass is 16.3. The zero-order valence-corrected chi connectivity index (χ0v) is 17.5. The second-order valence-electron chi connectivity index (χ2n) is 8.31. The Hall–Kier alpha value is -3.16. The fourth-order valence-corrected chi connectivity index (χ4v) is 3.91. The quantitative estimate of drug-likeness (QED) is 0.385. The van der Waals surface area contributed by atoms with Gasteiger partial charge in [0.15, 0.2) is 0 Å². The van der Waals surface area contributed by atoms with Gasteiger partial charge in [0.1, 0.15) is 0 Å². The smallest absolute Gasteiger partial charge is 0.0830 e. The maximum atomic E-state index is 10.8. The summed E-state index contributed by atoms with van der Waals surface area (Å²) in [5.41, 5.74) is 6.61. The summed E-state index contributed by atoms with van der Waals surface area (Å²) in [6, 6.07) is 38.6. The van der Waals surface area contributed by atoms with Crippen molar-refractivity contribution in [3.8, 4) is 11.1 Å². The minimum atomic E-state index is -0.531. The minimum absolute atomic E-state index is 0.102. The molecule has 0 heterocycles. The number of hydrogen-bond donors (Lipinski definition) is 1. The molecule has 0 bridgehead atoms. The molecule has 149 valence electrons. The molecule has 0 saturated heterocycles. The molecule has 4 rings (SSSR count). The lowest BCUT2D eigenvalue weighted by Gasteiger charge is -2.26. The Morgan fingerprint density at radius 3 is 2.20 bits per heavy atom. The van der Waals surface area contributed by atoms with Crippen LogP contribution in [0.15, 0.2) is 103 Å². The van der Waals surface area contributed by atoms with Crippen molar-refractivity contribution in [2.75, 3.05) is 0 Å². The molecule has 1 atom stereocenters. The number of benzene rings is 4. The molecule has 1 nitrogen and oxygen atoms in total. The summed E-state index contributed by atoms with van der Waals surface area (Å²) in [5, 5.41) is 10.8. The van der Waals surface area contributed by atoms with Crippen molar-refractivity contribution < 1.29 is 5.11 Å². The van der Waals surface area contributed by atoms with Crippen LogP contribution in [-0.4, -0.2) is 5.11 Å². The Balaban J connectivity index is 1.62. The summed E-state index contributed by atoms with van der Waals surface area (Å²) in [7, 11) is 0. The predicted octanol–water partition coefficient (Wildman–Crippen LogP) is 6.76. The summed E-state index contributed by atoms with van der Waals surface area (Å²) in [6.07, 6.45) is 0.0750. The van der Waals surface area contributed by atoms with Gasteiger partial charge >= 0.3 is 0 Å². The van der Waals surface area contributed by atoms with E-state index in [-0.39, 0.29) is 5.41 Å². The summed E-state index contributed by atoms with van der Waals surface area (Å²) in [6.45, 7) is 4.50. The van der Waals surface area contributed by atoms with Crippen LogP contribution in [0.2, 0.25) is 0 Å². The van der Waals surface area contributed by atoms with E-state index in [4.69, 9.17) is 0 Å². The second kappa shape index (κ2) is 8.69. The van der Waals surface area contributed by atoms with Crippen molar-refractivity contribution in [2.24, 2.45) is 0 Å². The molecule has 1 unspecified atom stereocenters. The summed E-state index contributed by atoms with van der Waals surface area (Å²) >= 11 is 0. The molecule has 1 heteroatoms. The molecule has 0 aromatic heterocycles. The molecule has 4 aromatic carbocycles. The second-order valence-corrected chi connectivity index (χ2v) is 8.31. The summed E-state index contributed by atoms with van der Waals surface area (Å²) in [5.74, 6) is 0. The molecule has 0 saturated carbocycles. The van der Waals surface area contributed by atoms with E-state index in [1.165, 1.54) is 11.1 Å². The van der Waals surface area contributed by atoms with Gasteiger partial charge in [-0.25, -0.2) is 0 Å². The van der Waals surface area contributed by atoms with Gasteiger partial charge in [0.2, 0.25) is 0 Å². The summed E-state index contributed by atoms with van der Waals surface area (Å²) < 4.78 is 0. The van der Waals surface area contributed by atoms with E-state index >= 15 is 0 Å². The van der Waals surface area contributed by atoms with Crippen molar-refractivity contribution in [3.63, 3.8) is 0 Å². The van der Waals surface area contributed by atoms with Crippen LogP contribution in [0.1, 0.15) is 42.2 Å². The first kappa shape index (κ1) is 20.1. The normalized spacial score (nSPS) is 12.5. The Morgan fingerprint density at radius 1 is 0.767 bits per heavy atom. The maximum absolute atomic E-state index is 10.8. The molecule has 1 radical (unpaired) electrons. The van der Waals surface area contributed by atoms with Gasteiger partial charge in [-0.15, -0.1) is 0 Å². The van der Waals surface area contributed by atoms with E-state index in [9.17, 15) is 5.11 Å². The number of aliphatic hydroxyl groups excluding tert-OH is 1. The molecular formula is C29H27O. The third-order valence-electron chi connectivity index (χ3n) is 5.87. The van der Waals surface area contributed by atoms with Gasteiger partial charge in [-0.05, 0) is 51.6 Å². The van der Waals surface area contributed by atoms with E-state index in [0.717, 1.165) is 22.3 Å². The maximum Gasteiger partial charge on any atom is 0.0830 e. The van der Waals surface area contributed by atoms with Crippen LogP contribution in [0.3, 0.4) is 0 Å². The van der Waals surface area contributed by atoms with Crippen LogP contribution in [-0.2, 0) is 11.8 Å². The average Bonchev–Trinajstić information content (AvgIpc) is 2.80. The molecule has 0 spiro atoms. The highest BCUT2D eigenvalue weighted by Crippen LogP contribution is 2.34. The molecule has 0 fully saturated rings. The number of aliphatic hydroxyl groups is 1. The first-order valence-corrected chi connectivity index (χ1v) is 10.4. The highest BCUT2D eigenvalue weighted by Gasteiger charge is 2.23. The Morgan fingerprint density at radius 2 is 1.47 bits per heavy atom. The Labute approximate surface area is 179 Å². The lowest BCUT2D eigenvalue weighted by molar-refractivity contribution is 0.178. The standard InChI is InChI=1S/C29H27O/c1-29(2,26-16-7-4-8-17-26)27-18-10-14-24(21-27)23-13-9-15-25(20-23)28(30)19-22-11-5-3-6-12-22/h3-13,15-18,20-21,28,30H,19H2,1-2H3. The van der Waals surface area contributed by atoms with Gasteiger partial charge in [-0.3, -0.25) is 0 Å². The van der Waals surface area contributed by atoms with Crippen LogP contribution in [0.4, 0.5) is 0 Å². The fraction of sp³-hybridized carbons (Fsp3) is 0.172. The van der Waals surface area contributed by atoms with E-state index < -0.39 is 6.10 Å². The van der Waals surface area contributed by atoms with Crippen LogP contribution in [0.25, 0.3) is 11.1 Å². The lowest BCUT2D eigenvalue weighted by atomic mass is 9.77. The third kappa shape index (κ3) is 4.37. The molecule has 4 aromatic rings. The first-order valence-electron chi connectivity index (χ1n) is 10.4. The Bertz CT molecular complexity index is 1100. The van der Waals surface area contributed by atoms with E-state index in [2.05, 4.69) is 86.6 Å². The van der Waals surface area contributed by atoms with E-state index in [1.54, 1.807) is 0 Å². The van der Waals surface area contributed by atoms with Crippen LogP contribution >= 0.6 is 0 Å². The number of hydrogen-bond acceptors (Lipinski definition) is 1. The predicted molar refractivity (Wildman–Crippen MR) is 124 cm³/mol. The van der Waals surface area contributed by atoms with Crippen LogP contribution < -0.4 is 0 Å². The molecule has 0 aliphatic carbocycles. The third-order valence-corrected chi connectivity index (χ3v) is 5.87. The first-order chi connectivity index (χ1) is 14.5. The van der Waals surface area contributed by atoms with Crippen LogP contribution in [0.5, 0.6) is 0 Å². The Kier molecular flexibility index (Phi) is 5.83. The van der Waals surface area contributed by atoms with Gasteiger partial charge < -0.3 is 5.11 Å². The highest BCUT2D eigenvalue weighted by molar-refractivity contribution is 5.65. The molecule has 0 amide bonds. The lowest BCUT2D eigenvalue weighted by Crippen LogP contribution is -2.18. The van der Waals surface area contributed by atoms with Crippen LogP contribution in [0, 0.1) is 6.07 Å².